The van der Waals surface area contributed by atoms with E-state index in [4.69, 9.17) is 9.78 Å². The van der Waals surface area contributed by atoms with Gasteiger partial charge in [-0.15, -0.1) is 0 Å². The van der Waals surface area contributed by atoms with Gasteiger partial charge >= 0.3 is 0 Å². The quantitative estimate of drug-likeness (QED) is 0.603. The summed E-state index contributed by atoms with van der Waals surface area (Å²) in [4.78, 5) is 29.3. The molecule has 0 bridgehead atoms. The number of imidazole rings is 1. The second-order valence-electron chi connectivity index (χ2n) is 6.05. The number of amides is 1. The van der Waals surface area contributed by atoms with Crippen molar-refractivity contribution in [1.82, 2.24) is 14.5 Å². The van der Waals surface area contributed by atoms with Crippen molar-refractivity contribution in [3.63, 3.8) is 0 Å². The maximum Gasteiger partial charge on any atom is 0.250 e. The molecule has 2 aromatic rings. The lowest BCUT2D eigenvalue weighted by atomic mass is 10.0. The average molecular weight is 329 g/mol. The first-order valence-corrected chi connectivity index (χ1v) is 8.22. The zero-order valence-electron chi connectivity index (χ0n) is 14.1. The number of carbonyl (C=O) groups excluding carboxylic acids is 1. The molecule has 1 aliphatic heterocycles. The van der Waals surface area contributed by atoms with E-state index in [-0.39, 0.29) is 11.9 Å². The Morgan fingerprint density at radius 3 is 2.83 bits per heavy atom. The Balaban J connectivity index is 1.89. The van der Waals surface area contributed by atoms with Crippen LogP contribution >= 0.6 is 0 Å². The van der Waals surface area contributed by atoms with Gasteiger partial charge in [-0.1, -0.05) is 30.3 Å². The highest BCUT2D eigenvalue weighted by Gasteiger charge is 2.35. The number of benzene rings is 1. The maximum absolute atomic E-state index is 13.3. The van der Waals surface area contributed by atoms with Crippen LogP contribution in [0.5, 0.6) is 0 Å². The molecule has 1 aromatic carbocycles. The van der Waals surface area contributed by atoms with Gasteiger partial charge in [0, 0.05) is 12.7 Å². The highest BCUT2D eigenvalue weighted by molar-refractivity contribution is 5.84. The topological polar surface area (TPSA) is 56.6 Å². The minimum absolute atomic E-state index is 0.0493. The van der Waals surface area contributed by atoms with Gasteiger partial charge in [-0.3, -0.25) is 4.79 Å². The minimum atomic E-state index is -0.407. The molecule has 1 aliphatic rings. The summed E-state index contributed by atoms with van der Waals surface area (Å²) in [6, 6.07) is 9.46. The first-order chi connectivity index (χ1) is 11.7. The van der Waals surface area contributed by atoms with Crippen molar-refractivity contribution in [2.24, 2.45) is 0 Å². The Morgan fingerprint density at radius 1 is 1.38 bits per heavy atom. The zero-order chi connectivity index (χ0) is 16.9. The molecule has 2 heterocycles. The molecule has 0 spiro atoms. The molecule has 2 atom stereocenters. The van der Waals surface area contributed by atoms with Crippen LogP contribution < -0.4 is 0 Å². The SMILES string of the molecule is COOCC1CCCN1C(=O)C(c1ccccc1)n1cnc(C)c1. The van der Waals surface area contributed by atoms with Gasteiger partial charge in [-0.2, -0.15) is 0 Å². The monoisotopic (exact) mass is 329 g/mol. The van der Waals surface area contributed by atoms with Gasteiger partial charge in [0.1, 0.15) is 12.6 Å². The summed E-state index contributed by atoms with van der Waals surface area (Å²) >= 11 is 0. The number of likely N-dealkylation sites (tertiary alicyclic amines) is 1. The molecular formula is C18H23N3O3. The van der Waals surface area contributed by atoms with Crippen LogP contribution in [0.4, 0.5) is 0 Å². The first-order valence-electron chi connectivity index (χ1n) is 8.22. The van der Waals surface area contributed by atoms with Crippen LogP contribution in [-0.4, -0.2) is 46.7 Å². The molecular weight excluding hydrogens is 306 g/mol. The fraction of sp³-hybridized carbons (Fsp3) is 0.444. The predicted molar refractivity (Wildman–Crippen MR) is 89.2 cm³/mol. The van der Waals surface area contributed by atoms with Gasteiger partial charge < -0.3 is 9.47 Å². The van der Waals surface area contributed by atoms with Crippen LogP contribution in [0, 0.1) is 6.92 Å². The molecule has 128 valence electrons. The van der Waals surface area contributed by atoms with E-state index >= 15 is 0 Å². The van der Waals surface area contributed by atoms with E-state index < -0.39 is 6.04 Å². The maximum atomic E-state index is 13.3. The van der Waals surface area contributed by atoms with E-state index in [9.17, 15) is 4.79 Å². The van der Waals surface area contributed by atoms with Gasteiger partial charge in [0.05, 0.1) is 25.2 Å². The molecule has 3 rings (SSSR count). The van der Waals surface area contributed by atoms with E-state index in [1.807, 2.05) is 52.9 Å². The molecule has 6 nitrogen and oxygen atoms in total. The van der Waals surface area contributed by atoms with E-state index in [2.05, 4.69) is 4.98 Å². The van der Waals surface area contributed by atoms with Gasteiger partial charge in [0.25, 0.3) is 5.91 Å². The van der Waals surface area contributed by atoms with Crippen LogP contribution in [0.1, 0.15) is 30.1 Å². The van der Waals surface area contributed by atoms with Crippen molar-refractivity contribution in [3.05, 3.63) is 54.1 Å². The highest BCUT2D eigenvalue weighted by Crippen LogP contribution is 2.26. The third-order valence-electron chi connectivity index (χ3n) is 4.42. The first kappa shape index (κ1) is 16.7. The molecule has 2 unspecified atom stereocenters. The molecule has 1 saturated heterocycles. The highest BCUT2D eigenvalue weighted by atomic mass is 17.2. The molecule has 0 saturated carbocycles. The van der Waals surface area contributed by atoms with Crippen molar-refractivity contribution in [2.45, 2.75) is 31.8 Å². The fourth-order valence-electron chi connectivity index (χ4n) is 3.26. The number of nitrogens with zero attached hydrogens (tertiary/aromatic N) is 3. The number of hydrogen-bond donors (Lipinski definition) is 0. The number of carbonyl (C=O) groups is 1. The summed E-state index contributed by atoms with van der Waals surface area (Å²) in [6.07, 6.45) is 5.54. The molecule has 6 heteroatoms. The number of aryl methyl sites for hydroxylation is 1. The van der Waals surface area contributed by atoms with Crippen LogP contribution in [0.25, 0.3) is 0 Å². The van der Waals surface area contributed by atoms with Crippen molar-refractivity contribution in [1.29, 1.82) is 0 Å². The summed E-state index contributed by atoms with van der Waals surface area (Å²) in [5, 5.41) is 0. The zero-order valence-corrected chi connectivity index (χ0v) is 14.1. The smallest absolute Gasteiger partial charge is 0.250 e. The lowest BCUT2D eigenvalue weighted by molar-refractivity contribution is -0.278. The number of aromatic nitrogens is 2. The lowest BCUT2D eigenvalue weighted by Gasteiger charge is -2.29. The summed E-state index contributed by atoms with van der Waals surface area (Å²) in [5.41, 5.74) is 1.85. The number of rotatable bonds is 6. The Labute approximate surface area is 141 Å². The molecule has 1 fully saturated rings. The van der Waals surface area contributed by atoms with E-state index in [0.29, 0.717) is 6.61 Å². The van der Waals surface area contributed by atoms with E-state index in [1.54, 1.807) is 6.33 Å². The molecule has 1 aromatic heterocycles. The third kappa shape index (κ3) is 3.49. The third-order valence-corrected chi connectivity index (χ3v) is 4.42. The van der Waals surface area contributed by atoms with E-state index in [0.717, 1.165) is 30.6 Å². The van der Waals surface area contributed by atoms with Crippen molar-refractivity contribution in [3.8, 4) is 0 Å². The van der Waals surface area contributed by atoms with Gasteiger partial charge in [0.2, 0.25) is 0 Å². The van der Waals surface area contributed by atoms with Gasteiger partial charge in [-0.25, -0.2) is 14.8 Å². The van der Waals surface area contributed by atoms with Crippen LogP contribution in [0.3, 0.4) is 0 Å². The summed E-state index contributed by atoms with van der Waals surface area (Å²) in [5.74, 6) is 0.0702. The molecule has 0 N–H and O–H groups in total. The van der Waals surface area contributed by atoms with Gasteiger partial charge in [0.15, 0.2) is 0 Å². The molecule has 24 heavy (non-hydrogen) atoms. The van der Waals surface area contributed by atoms with Crippen molar-refractivity contribution < 1.29 is 14.6 Å². The van der Waals surface area contributed by atoms with Crippen LogP contribution in [0.15, 0.2) is 42.9 Å². The second-order valence-corrected chi connectivity index (χ2v) is 6.05. The van der Waals surface area contributed by atoms with Crippen molar-refractivity contribution >= 4 is 5.91 Å². The van der Waals surface area contributed by atoms with Gasteiger partial charge in [-0.05, 0) is 25.3 Å². The largest absolute Gasteiger partial charge is 0.335 e. The fourth-order valence-corrected chi connectivity index (χ4v) is 3.26. The normalized spacial score (nSPS) is 18.8. The molecule has 0 aliphatic carbocycles. The molecule has 0 radical (unpaired) electrons. The van der Waals surface area contributed by atoms with Crippen LogP contribution in [-0.2, 0) is 14.6 Å². The minimum Gasteiger partial charge on any atom is -0.335 e. The lowest BCUT2D eigenvalue weighted by Crippen LogP contribution is -2.42. The molecule has 1 amide bonds. The Hall–Kier alpha value is -2.18. The standard InChI is InChI=1S/C18H23N3O3/c1-14-11-20(13-19-14)17(15-7-4-3-5-8-15)18(22)21-10-6-9-16(21)12-24-23-2/h3-5,7-8,11,13,16-17H,6,9-10,12H2,1-2H3. The summed E-state index contributed by atoms with van der Waals surface area (Å²) in [6.45, 7) is 3.06. The summed E-state index contributed by atoms with van der Waals surface area (Å²) in [7, 11) is 1.49. The predicted octanol–water partition coefficient (Wildman–Crippen LogP) is 2.35. The summed E-state index contributed by atoms with van der Waals surface area (Å²) < 4.78 is 1.89. The average Bonchev–Trinajstić information content (AvgIpc) is 3.23. The van der Waals surface area contributed by atoms with Crippen molar-refractivity contribution in [2.75, 3.05) is 20.3 Å². The van der Waals surface area contributed by atoms with E-state index in [1.165, 1.54) is 7.11 Å². The second kappa shape index (κ2) is 7.59. The Kier molecular flexibility index (Phi) is 5.27. The number of hydrogen-bond acceptors (Lipinski definition) is 4. The Bertz CT molecular complexity index is 671. The Morgan fingerprint density at radius 2 is 2.17 bits per heavy atom. The van der Waals surface area contributed by atoms with Crippen LogP contribution in [0.2, 0.25) is 0 Å².